The lowest BCUT2D eigenvalue weighted by molar-refractivity contribution is 0.0204. The monoisotopic (exact) mass is 480 g/mol. The number of piperidine rings is 1. The van der Waals surface area contributed by atoms with E-state index in [9.17, 15) is 9.59 Å². The Hall–Kier alpha value is -3.36. The minimum Gasteiger partial charge on any atom is -0.444 e. The van der Waals surface area contributed by atoms with E-state index in [4.69, 9.17) is 4.74 Å². The van der Waals surface area contributed by atoms with Gasteiger partial charge in [-0.2, -0.15) is 4.98 Å². The Labute approximate surface area is 207 Å². The summed E-state index contributed by atoms with van der Waals surface area (Å²) >= 11 is 0. The van der Waals surface area contributed by atoms with Gasteiger partial charge in [0.1, 0.15) is 17.0 Å². The molecular weight excluding hydrogens is 444 g/mol. The molecule has 0 spiro atoms. The van der Waals surface area contributed by atoms with Crippen LogP contribution in [0.4, 0.5) is 22.2 Å². The molecular formula is C26H36N6O3. The first kappa shape index (κ1) is 24.8. The third-order valence-corrected chi connectivity index (χ3v) is 6.40. The van der Waals surface area contributed by atoms with Crippen LogP contribution in [0.3, 0.4) is 0 Å². The Balaban J connectivity index is 1.49. The van der Waals surface area contributed by atoms with Crippen LogP contribution < -0.4 is 15.1 Å². The molecule has 4 rings (SSSR count). The molecule has 188 valence electrons. The molecule has 0 bridgehead atoms. The van der Waals surface area contributed by atoms with E-state index in [0.717, 1.165) is 18.5 Å². The number of aromatic nitrogens is 2. The van der Waals surface area contributed by atoms with Crippen molar-refractivity contribution < 1.29 is 14.3 Å². The number of benzene rings is 1. The summed E-state index contributed by atoms with van der Waals surface area (Å²) in [5.74, 6) is 1.41. The van der Waals surface area contributed by atoms with Crippen LogP contribution >= 0.6 is 0 Å². The van der Waals surface area contributed by atoms with E-state index in [1.807, 2.05) is 56.7 Å². The summed E-state index contributed by atoms with van der Waals surface area (Å²) < 4.78 is 5.52. The number of nitrogens with zero attached hydrogens (tertiary/aromatic N) is 5. The van der Waals surface area contributed by atoms with Gasteiger partial charge in [-0.15, -0.1) is 0 Å². The zero-order valence-electron chi connectivity index (χ0n) is 21.4. The van der Waals surface area contributed by atoms with Crippen LogP contribution in [0.1, 0.15) is 62.4 Å². The van der Waals surface area contributed by atoms with Crippen LogP contribution in [0, 0.1) is 0 Å². The van der Waals surface area contributed by atoms with Gasteiger partial charge in [0.25, 0.3) is 5.91 Å². The Morgan fingerprint density at radius 3 is 2.60 bits per heavy atom. The number of amides is 2. The molecule has 9 heteroatoms. The summed E-state index contributed by atoms with van der Waals surface area (Å²) in [6.45, 7) is 10.9. The fourth-order valence-corrected chi connectivity index (χ4v) is 4.58. The number of hydrogen-bond acceptors (Lipinski definition) is 7. The second-order valence-electron chi connectivity index (χ2n) is 10.2. The van der Waals surface area contributed by atoms with Gasteiger partial charge in [-0.1, -0.05) is 12.1 Å². The van der Waals surface area contributed by atoms with Crippen LogP contribution in [-0.2, 0) is 4.74 Å². The summed E-state index contributed by atoms with van der Waals surface area (Å²) in [5, 5.41) is 3.11. The Morgan fingerprint density at radius 2 is 1.91 bits per heavy atom. The standard InChI is InChI=1S/C26H36N6O3/c1-6-27-24-28-17-21-22(29-24)30(5)14-15-32(23(21)33)20-9-7-8-19(16-20)18-10-12-31(13-11-18)25(34)35-26(2,3)4/h7-9,16-18H,6,10-15H2,1-5H3,(H,27,28,29). The zero-order valence-corrected chi connectivity index (χ0v) is 21.4. The molecule has 1 saturated heterocycles. The number of likely N-dealkylation sites (N-methyl/N-ethyl adjacent to an activating group) is 1. The van der Waals surface area contributed by atoms with Crippen molar-refractivity contribution in [2.75, 3.05) is 54.9 Å². The normalized spacial score (nSPS) is 17.2. The smallest absolute Gasteiger partial charge is 0.410 e. The second kappa shape index (κ2) is 10.1. The first-order valence-corrected chi connectivity index (χ1v) is 12.4. The quantitative estimate of drug-likeness (QED) is 0.704. The van der Waals surface area contributed by atoms with Gasteiger partial charge >= 0.3 is 6.09 Å². The highest BCUT2D eigenvalue weighted by molar-refractivity contribution is 6.09. The molecule has 1 N–H and O–H groups in total. The summed E-state index contributed by atoms with van der Waals surface area (Å²) in [5.41, 5.74) is 2.07. The van der Waals surface area contributed by atoms with Crippen molar-refractivity contribution in [1.82, 2.24) is 14.9 Å². The minimum atomic E-state index is -0.492. The fraction of sp³-hybridized carbons (Fsp3) is 0.538. The Morgan fingerprint density at radius 1 is 1.17 bits per heavy atom. The van der Waals surface area contributed by atoms with Crippen molar-refractivity contribution in [3.05, 3.63) is 41.6 Å². The van der Waals surface area contributed by atoms with Gasteiger partial charge in [0.05, 0.1) is 0 Å². The number of fused-ring (bicyclic) bond motifs is 1. The molecule has 0 unspecified atom stereocenters. The second-order valence-corrected chi connectivity index (χ2v) is 10.2. The lowest BCUT2D eigenvalue weighted by Crippen LogP contribution is -2.41. The highest BCUT2D eigenvalue weighted by Gasteiger charge is 2.30. The molecule has 1 fully saturated rings. The third-order valence-electron chi connectivity index (χ3n) is 6.40. The molecule has 35 heavy (non-hydrogen) atoms. The lowest BCUT2D eigenvalue weighted by atomic mass is 9.89. The average molecular weight is 481 g/mol. The zero-order chi connectivity index (χ0) is 25.2. The maximum absolute atomic E-state index is 13.5. The van der Waals surface area contributed by atoms with Crippen LogP contribution in [-0.4, -0.2) is 72.2 Å². The first-order valence-electron chi connectivity index (χ1n) is 12.4. The predicted octanol–water partition coefficient (Wildman–Crippen LogP) is 4.12. The molecule has 2 aliphatic heterocycles. The summed E-state index contributed by atoms with van der Waals surface area (Å²) in [6, 6.07) is 8.23. The van der Waals surface area contributed by atoms with Gasteiger partial charge in [0, 0.05) is 51.7 Å². The maximum Gasteiger partial charge on any atom is 0.410 e. The number of carbonyl (C=O) groups excluding carboxylic acids is 2. The fourth-order valence-electron chi connectivity index (χ4n) is 4.58. The van der Waals surface area contributed by atoms with Crippen molar-refractivity contribution in [1.29, 1.82) is 0 Å². The number of rotatable bonds is 4. The average Bonchev–Trinajstić information content (AvgIpc) is 2.95. The van der Waals surface area contributed by atoms with Gasteiger partial charge in [-0.05, 0) is 64.2 Å². The van der Waals surface area contributed by atoms with Crippen LogP contribution in [0.25, 0.3) is 0 Å². The van der Waals surface area contributed by atoms with Crippen molar-refractivity contribution in [3.8, 4) is 0 Å². The van der Waals surface area contributed by atoms with E-state index < -0.39 is 5.60 Å². The molecule has 2 aromatic rings. The van der Waals surface area contributed by atoms with E-state index in [1.165, 1.54) is 5.56 Å². The summed E-state index contributed by atoms with van der Waals surface area (Å²) in [7, 11) is 1.95. The van der Waals surface area contributed by atoms with Gasteiger partial charge in [0.15, 0.2) is 0 Å². The summed E-state index contributed by atoms with van der Waals surface area (Å²) in [6.07, 6.45) is 3.10. The minimum absolute atomic E-state index is 0.0932. The van der Waals surface area contributed by atoms with E-state index in [2.05, 4.69) is 27.4 Å². The Bertz CT molecular complexity index is 1070. The third kappa shape index (κ3) is 5.66. The molecule has 0 atom stereocenters. The number of hydrogen-bond donors (Lipinski definition) is 1. The molecule has 2 aliphatic rings. The van der Waals surface area contributed by atoms with E-state index in [1.54, 1.807) is 11.1 Å². The van der Waals surface area contributed by atoms with Crippen LogP contribution in [0.15, 0.2) is 30.5 Å². The van der Waals surface area contributed by atoms with E-state index in [0.29, 0.717) is 56.0 Å². The molecule has 0 aliphatic carbocycles. The van der Waals surface area contributed by atoms with Crippen molar-refractivity contribution >= 4 is 29.5 Å². The van der Waals surface area contributed by atoms with Gasteiger partial charge < -0.3 is 24.8 Å². The molecule has 3 heterocycles. The number of ether oxygens (including phenoxy) is 1. The predicted molar refractivity (Wildman–Crippen MR) is 137 cm³/mol. The topological polar surface area (TPSA) is 90.9 Å². The highest BCUT2D eigenvalue weighted by Crippen LogP contribution is 2.32. The van der Waals surface area contributed by atoms with Crippen molar-refractivity contribution in [2.45, 2.75) is 52.1 Å². The number of carbonyl (C=O) groups is 2. The van der Waals surface area contributed by atoms with E-state index >= 15 is 0 Å². The largest absolute Gasteiger partial charge is 0.444 e. The number of anilines is 3. The first-order chi connectivity index (χ1) is 16.7. The van der Waals surface area contributed by atoms with Gasteiger partial charge in [-0.25, -0.2) is 9.78 Å². The SMILES string of the molecule is CCNc1ncc2c(n1)N(C)CCN(c1cccc(C3CCN(C(=O)OC(C)(C)C)CC3)c1)C2=O. The number of nitrogens with one attached hydrogen (secondary N) is 1. The molecule has 1 aromatic heterocycles. The van der Waals surface area contributed by atoms with Crippen LogP contribution in [0.5, 0.6) is 0 Å². The maximum atomic E-state index is 13.5. The van der Waals surface area contributed by atoms with Gasteiger partial charge in [-0.3, -0.25) is 4.79 Å². The lowest BCUT2D eigenvalue weighted by Gasteiger charge is -2.34. The molecule has 9 nitrogen and oxygen atoms in total. The highest BCUT2D eigenvalue weighted by atomic mass is 16.6. The summed E-state index contributed by atoms with van der Waals surface area (Å²) in [4.78, 5) is 40.4. The van der Waals surface area contributed by atoms with Crippen molar-refractivity contribution in [2.24, 2.45) is 0 Å². The molecule has 1 aromatic carbocycles. The molecule has 0 radical (unpaired) electrons. The number of likely N-dealkylation sites (tertiary alicyclic amines) is 1. The van der Waals surface area contributed by atoms with E-state index in [-0.39, 0.29) is 12.0 Å². The molecule has 0 saturated carbocycles. The van der Waals surface area contributed by atoms with Gasteiger partial charge in [0.2, 0.25) is 5.95 Å². The van der Waals surface area contributed by atoms with Crippen LogP contribution in [0.2, 0.25) is 0 Å². The molecule has 2 amide bonds. The van der Waals surface area contributed by atoms with Crippen molar-refractivity contribution in [3.63, 3.8) is 0 Å². The Kier molecular flexibility index (Phi) is 7.14.